The summed E-state index contributed by atoms with van der Waals surface area (Å²) >= 11 is 6.20. The quantitative estimate of drug-likeness (QED) is 0.828. The molecule has 1 aliphatic heterocycles. The van der Waals surface area contributed by atoms with E-state index in [0.717, 1.165) is 28.1 Å². The van der Waals surface area contributed by atoms with Crippen molar-refractivity contribution in [1.29, 1.82) is 0 Å². The molecule has 28 heavy (non-hydrogen) atoms. The molecule has 0 bridgehead atoms. The van der Waals surface area contributed by atoms with Gasteiger partial charge in [0.1, 0.15) is 24.5 Å². The summed E-state index contributed by atoms with van der Waals surface area (Å²) in [5, 5.41) is 15.9. The summed E-state index contributed by atoms with van der Waals surface area (Å²) in [6.07, 6.45) is 5.43. The summed E-state index contributed by atoms with van der Waals surface area (Å²) < 4.78 is 7.54. The molecule has 1 amide bonds. The zero-order valence-electron chi connectivity index (χ0n) is 16.7. The second kappa shape index (κ2) is 8.53. The SMILES string of the molecule is Cc1cnn(CC(=O)N2CCCC(O)(COc3cc(C)c(Cl)c(C)c3)CC2)c1. The van der Waals surface area contributed by atoms with Gasteiger partial charge in [0.25, 0.3) is 0 Å². The van der Waals surface area contributed by atoms with Crippen molar-refractivity contribution in [2.75, 3.05) is 19.7 Å². The van der Waals surface area contributed by atoms with E-state index < -0.39 is 5.60 Å². The number of benzene rings is 1. The van der Waals surface area contributed by atoms with Crippen LogP contribution in [0.15, 0.2) is 24.5 Å². The zero-order valence-corrected chi connectivity index (χ0v) is 17.5. The molecule has 1 aromatic carbocycles. The highest BCUT2D eigenvalue weighted by Crippen LogP contribution is 2.28. The second-order valence-corrected chi connectivity index (χ2v) is 8.21. The molecule has 0 radical (unpaired) electrons. The minimum absolute atomic E-state index is 0.0252. The Kier molecular flexibility index (Phi) is 6.30. The van der Waals surface area contributed by atoms with Crippen LogP contribution in [0.5, 0.6) is 5.75 Å². The number of hydrogen-bond acceptors (Lipinski definition) is 4. The number of ether oxygens (including phenoxy) is 1. The number of rotatable bonds is 5. The third-order valence-electron chi connectivity index (χ3n) is 5.25. The lowest BCUT2D eigenvalue weighted by Gasteiger charge is -2.27. The summed E-state index contributed by atoms with van der Waals surface area (Å²) in [7, 11) is 0. The first-order valence-electron chi connectivity index (χ1n) is 9.64. The summed E-state index contributed by atoms with van der Waals surface area (Å²) in [5.41, 5.74) is 1.99. The van der Waals surface area contributed by atoms with Gasteiger partial charge in [-0.3, -0.25) is 9.48 Å². The summed E-state index contributed by atoms with van der Waals surface area (Å²) in [5.74, 6) is 0.733. The Bertz CT molecular complexity index is 828. The molecule has 0 aliphatic carbocycles. The van der Waals surface area contributed by atoms with Gasteiger partial charge in [0, 0.05) is 24.3 Å². The Balaban J connectivity index is 1.56. The molecular weight excluding hydrogens is 378 g/mol. The molecule has 152 valence electrons. The van der Waals surface area contributed by atoms with Gasteiger partial charge >= 0.3 is 0 Å². The largest absolute Gasteiger partial charge is 0.491 e. The van der Waals surface area contributed by atoms with Gasteiger partial charge in [0.2, 0.25) is 5.91 Å². The molecular formula is C21H28ClN3O3. The molecule has 1 fully saturated rings. The van der Waals surface area contributed by atoms with Crippen molar-refractivity contribution in [3.05, 3.63) is 46.2 Å². The molecule has 3 rings (SSSR count). The van der Waals surface area contributed by atoms with Crippen LogP contribution in [0, 0.1) is 20.8 Å². The monoisotopic (exact) mass is 405 g/mol. The maximum atomic E-state index is 12.6. The van der Waals surface area contributed by atoms with E-state index >= 15 is 0 Å². The Morgan fingerprint density at radius 1 is 1.25 bits per heavy atom. The fourth-order valence-electron chi connectivity index (χ4n) is 3.57. The summed E-state index contributed by atoms with van der Waals surface area (Å²) in [6.45, 7) is 7.40. The Labute approximate surface area is 171 Å². The Hall–Kier alpha value is -2.05. The van der Waals surface area contributed by atoms with E-state index in [-0.39, 0.29) is 19.1 Å². The Morgan fingerprint density at radius 3 is 2.61 bits per heavy atom. The molecule has 1 aromatic heterocycles. The van der Waals surface area contributed by atoms with E-state index in [1.54, 1.807) is 10.9 Å². The molecule has 2 aromatic rings. The highest BCUT2D eigenvalue weighted by atomic mass is 35.5. The molecule has 1 N–H and O–H groups in total. The number of aliphatic hydroxyl groups is 1. The van der Waals surface area contributed by atoms with Crippen molar-refractivity contribution in [2.45, 2.75) is 52.2 Å². The van der Waals surface area contributed by atoms with Crippen LogP contribution in [0.4, 0.5) is 0 Å². The third kappa shape index (κ3) is 5.06. The molecule has 1 unspecified atom stereocenters. The predicted molar refractivity (Wildman–Crippen MR) is 109 cm³/mol. The van der Waals surface area contributed by atoms with Gasteiger partial charge in [-0.1, -0.05) is 11.6 Å². The number of hydrogen-bond donors (Lipinski definition) is 1. The first-order valence-corrected chi connectivity index (χ1v) is 10.0. The molecule has 1 saturated heterocycles. The number of amides is 1. The standard InChI is InChI=1S/C21H28ClN3O3/c1-15-11-23-25(12-15)13-19(26)24-7-4-5-21(27,6-8-24)14-28-18-9-16(2)20(22)17(3)10-18/h9-12,27H,4-8,13-14H2,1-3H3. The van der Waals surface area contributed by atoms with Gasteiger partial charge in [-0.25, -0.2) is 0 Å². The highest BCUT2D eigenvalue weighted by molar-refractivity contribution is 6.32. The van der Waals surface area contributed by atoms with Crippen LogP contribution in [0.1, 0.15) is 36.0 Å². The van der Waals surface area contributed by atoms with E-state index in [1.807, 2.05) is 44.0 Å². The number of aromatic nitrogens is 2. The molecule has 1 atom stereocenters. The maximum Gasteiger partial charge on any atom is 0.244 e. The molecule has 7 heteroatoms. The van der Waals surface area contributed by atoms with Crippen molar-refractivity contribution in [3.63, 3.8) is 0 Å². The fraction of sp³-hybridized carbons (Fsp3) is 0.524. The van der Waals surface area contributed by atoms with E-state index in [2.05, 4.69) is 5.10 Å². The van der Waals surface area contributed by atoms with Crippen molar-refractivity contribution in [1.82, 2.24) is 14.7 Å². The third-order valence-corrected chi connectivity index (χ3v) is 5.84. The van der Waals surface area contributed by atoms with Gasteiger partial charge in [-0.2, -0.15) is 5.10 Å². The summed E-state index contributed by atoms with van der Waals surface area (Å²) in [4.78, 5) is 14.4. The van der Waals surface area contributed by atoms with Crippen LogP contribution in [-0.4, -0.2) is 51.0 Å². The van der Waals surface area contributed by atoms with Crippen LogP contribution >= 0.6 is 11.6 Å². The fourth-order valence-corrected chi connectivity index (χ4v) is 3.68. The van der Waals surface area contributed by atoms with Crippen LogP contribution in [-0.2, 0) is 11.3 Å². The number of halogens is 1. The lowest BCUT2D eigenvalue weighted by atomic mass is 9.96. The van der Waals surface area contributed by atoms with Crippen LogP contribution < -0.4 is 4.74 Å². The van der Waals surface area contributed by atoms with E-state index in [4.69, 9.17) is 16.3 Å². The van der Waals surface area contributed by atoms with Crippen LogP contribution in [0.2, 0.25) is 5.02 Å². The highest BCUT2D eigenvalue weighted by Gasteiger charge is 2.32. The topological polar surface area (TPSA) is 67.6 Å². The number of nitrogens with zero attached hydrogens (tertiary/aromatic N) is 3. The predicted octanol–water partition coefficient (Wildman–Crippen LogP) is 3.28. The number of carbonyl (C=O) groups is 1. The van der Waals surface area contributed by atoms with Crippen LogP contribution in [0.25, 0.3) is 0 Å². The molecule has 6 nitrogen and oxygen atoms in total. The van der Waals surface area contributed by atoms with E-state index in [0.29, 0.717) is 31.7 Å². The molecule has 1 aliphatic rings. The number of aryl methyl sites for hydroxylation is 3. The lowest BCUT2D eigenvalue weighted by molar-refractivity contribution is -0.132. The van der Waals surface area contributed by atoms with Crippen molar-refractivity contribution >= 4 is 17.5 Å². The lowest BCUT2D eigenvalue weighted by Crippen LogP contribution is -2.39. The minimum atomic E-state index is -0.946. The summed E-state index contributed by atoms with van der Waals surface area (Å²) in [6, 6.07) is 3.77. The first kappa shape index (κ1) is 20.7. The second-order valence-electron chi connectivity index (χ2n) is 7.83. The smallest absolute Gasteiger partial charge is 0.244 e. The van der Waals surface area contributed by atoms with Crippen molar-refractivity contribution in [2.24, 2.45) is 0 Å². The minimum Gasteiger partial charge on any atom is -0.491 e. The van der Waals surface area contributed by atoms with Gasteiger partial charge < -0.3 is 14.7 Å². The van der Waals surface area contributed by atoms with E-state index in [1.165, 1.54) is 0 Å². The molecule has 0 spiro atoms. The normalized spacial score (nSPS) is 20.1. The van der Waals surface area contributed by atoms with Crippen molar-refractivity contribution < 1.29 is 14.6 Å². The van der Waals surface area contributed by atoms with Crippen molar-refractivity contribution in [3.8, 4) is 5.75 Å². The number of likely N-dealkylation sites (tertiary alicyclic amines) is 1. The van der Waals surface area contributed by atoms with E-state index in [9.17, 15) is 9.90 Å². The molecule has 2 heterocycles. The zero-order chi connectivity index (χ0) is 20.3. The maximum absolute atomic E-state index is 12.6. The average Bonchev–Trinajstić information content (AvgIpc) is 2.94. The molecule has 0 saturated carbocycles. The average molecular weight is 406 g/mol. The number of carbonyl (C=O) groups excluding carboxylic acids is 1. The Morgan fingerprint density at radius 2 is 1.96 bits per heavy atom. The van der Waals surface area contributed by atoms with Gasteiger partial charge in [-0.05, 0) is 68.9 Å². The first-order chi connectivity index (χ1) is 13.3. The van der Waals surface area contributed by atoms with Gasteiger partial charge in [0.15, 0.2) is 0 Å². The van der Waals surface area contributed by atoms with Gasteiger partial charge in [-0.15, -0.1) is 0 Å². The van der Waals surface area contributed by atoms with Gasteiger partial charge in [0.05, 0.1) is 6.20 Å². The van der Waals surface area contributed by atoms with Crippen LogP contribution in [0.3, 0.4) is 0 Å².